The van der Waals surface area contributed by atoms with E-state index >= 15 is 0 Å². The first-order chi connectivity index (χ1) is 12.6. The van der Waals surface area contributed by atoms with Crippen molar-refractivity contribution in [2.24, 2.45) is 7.05 Å². The molecule has 0 spiro atoms. The summed E-state index contributed by atoms with van der Waals surface area (Å²) in [5, 5.41) is 4.81. The van der Waals surface area contributed by atoms with Gasteiger partial charge in [-0.2, -0.15) is 4.98 Å². The molecule has 0 amide bonds. The minimum Gasteiger partial charge on any atom is -0.449 e. The van der Waals surface area contributed by atoms with Crippen LogP contribution in [0.2, 0.25) is 0 Å². The van der Waals surface area contributed by atoms with E-state index in [1.165, 1.54) is 0 Å². The van der Waals surface area contributed by atoms with Gasteiger partial charge in [0, 0.05) is 29.7 Å². The Labute approximate surface area is 150 Å². The molecule has 0 saturated carbocycles. The summed E-state index contributed by atoms with van der Waals surface area (Å²) in [6.45, 7) is 1.71. The van der Waals surface area contributed by atoms with Crippen molar-refractivity contribution >= 4 is 16.9 Å². The van der Waals surface area contributed by atoms with Crippen LogP contribution in [-0.4, -0.2) is 20.7 Å². The number of benzene rings is 2. The fraction of sp³-hybridized carbons (Fsp3) is 0.150. The number of aromatic nitrogens is 3. The van der Waals surface area contributed by atoms with Gasteiger partial charge in [-0.1, -0.05) is 53.7 Å². The zero-order valence-corrected chi connectivity index (χ0v) is 14.4. The second kappa shape index (κ2) is 6.48. The third-order valence-electron chi connectivity index (χ3n) is 4.22. The molecule has 130 valence electrons. The molecule has 1 atom stereocenters. The molecule has 6 nitrogen and oxygen atoms in total. The van der Waals surface area contributed by atoms with Gasteiger partial charge in [-0.3, -0.25) is 0 Å². The van der Waals surface area contributed by atoms with Crippen molar-refractivity contribution in [2.75, 3.05) is 0 Å². The number of rotatable bonds is 4. The lowest BCUT2D eigenvalue weighted by Gasteiger charge is -2.08. The van der Waals surface area contributed by atoms with E-state index in [1.807, 2.05) is 66.2 Å². The van der Waals surface area contributed by atoms with Gasteiger partial charge in [0.05, 0.1) is 5.56 Å². The molecule has 0 fully saturated rings. The molecule has 0 radical (unpaired) electrons. The molecule has 0 bridgehead atoms. The van der Waals surface area contributed by atoms with E-state index in [1.54, 1.807) is 13.1 Å². The fourth-order valence-corrected chi connectivity index (χ4v) is 2.88. The highest BCUT2D eigenvalue weighted by molar-refractivity contribution is 6.04. The second-order valence-electron chi connectivity index (χ2n) is 6.04. The molecular weight excluding hydrogens is 330 g/mol. The number of fused-ring (bicyclic) bond motifs is 1. The van der Waals surface area contributed by atoms with Crippen molar-refractivity contribution in [3.8, 4) is 11.4 Å². The average molecular weight is 347 g/mol. The molecule has 4 aromatic rings. The first kappa shape index (κ1) is 16.1. The molecule has 2 aromatic carbocycles. The first-order valence-electron chi connectivity index (χ1n) is 8.27. The fourth-order valence-electron chi connectivity index (χ4n) is 2.88. The number of hydrogen-bond donors (Lipinski definition) is 0. The molecule has 0 unspecified atom stereocenters. The van der Waals surface area contributed by atoms with Gasteiger partial charge in [-0.05, 0) is 13.0 Å². The van der Waals surface area contributed by atoms with Crippen LogP contribution in [-0.2, 0) is 11.8 Å². The molecule has 26 heavy (non-hydrogen) atoms. The van der Waals surface area contributed by atoms with Crippen molar-refractivity contribution in [1.82, 2.24) is 14.7 Å². The van der Waals surface area contributed by atoms with Gasteiger partial charge in [-0.25, -0.2) is 4.79 Å². The van der Waals surface area contributed by atoms with E-state index < -0.39 is 12.1 Å². The van der Waals surface area contributed by atoms with Crippen LogP contribution in [0.5, 0.6) is 0 Å². The Kier molecular flexibility index (Phi) is 4.01. The Balaban J connectivity index is 1.55. The molecule has 2 aromatic heterocycles. The monoisotopic (exact) mass is 347 g/mol. The molecule has 0 aliphatic carbocycles. The highest BCUT2D eigenvalue weighted by Gasteiger charge is 2.22. The topological polar surface area (TPSA) is 70.2 Å². The van der Waals surface area contributed by atoms with Crippen LogP contribution in [0.25, 0.3) is 22.3 Å². The van der Waals surface area contributed by atoms with Crippen LogP contribution < -0.4 is 0 Å². The molecule has 0 N–H and O–H groups in total. The lowest BCUT2D eigenvalue weighted by molar-refractivity contribution is 0.0267. The van der Waals surface area contributed by atoms with Crippen molar-refractivity contribution in [2.45, 2.75) is 13.0 Å². The summed E-state index contributed by atoms with van der Waals surface area (Å²) in [5.41, 5.74) is 2.32. The molecule has 6 heteroatoms. The zero-order valence-electron chi connectivity index (χ0n) is 14.4. The Morgan fingerprint density at radius 2 is 1.85 bits per heavy atom. The zero-order chi connectivity index (χ0) is 18.1. The number of para-hydroxylation sites is 1. The van der Waals surface area contributed by atoms with Crippen LogP contribution in [0.1, 0.15) is 29.3 Å². The Morgan fingerprint density at radius 1 is 1.12 bits per heavy atom. The molecule has 0 aliphatic rings. The van der Waals surface area contributed by atoms with E-state index in [0.29, 0.717) is 11.4 Å². The van der Waals surface area contributed by atoms with Crippen LogP contribution in [0, 0.1) is 0 Å². The molecular formula is C20H17N3O3. The van der Waals surface area contributed by atoms with Gasteiger partial charge in [0.1, 0.15) is 0 Å². The maximum absolute atomic E-state index is 12.6. The van der Waals surface area contributed by atoms with Gasteiger partial charge in [0.2, 0.25) is 5.82 Å². The van der Waals surface area contributed by atoms with Crippen molar-refractivity contribution in [3.05, 3.63) is 72.2 Å². The average Bonchev–Trinajstić information content (AvgIpc) is 3.28. The number of hydrogen-bond acceptors (Lipinski definition) is 5. The van der Waals surface area contributed by atoms with Crippen molar-refractivity contribution in [3.63, 3.8) is 0 Å². The van der Waals surface area contributed by atoms with Crippen LogP contribution in [0.3, 0.4) is 0 Å². The van der Waals surface area contributed by atoms with Gasteiger partial charge >= 0.3 is 5.97 Å². The quantitative estimate of drug-likeness (QED) is 0.519. The molecule has 2 heterocycles. The number of esters is 1. The Morgan fingerprint density at radius 3 is 2.65 bits per heavy atom. The summed E-state index contributed by atoms with van der Waals surface area (Å²) >= 11 is 0. The normalized spacial score (nSPS) is 12.2. The summed E-state index contributed by atoms with van der Waals surface area (Å²) in [5.74, 6) is 0.305. The van der Waals surface area contributed by atoms with Crippen LogP contribution >= 0.6 is 0 Å². The maximum Gasteiger partial charge on any atom is 0.341 e. The lowest BCUT2D eigenvalue weighted by atomic mass is 10.2. The number of ether oxygens (including phenoxy) is 1. The van der Waals surface area contributed by atoms with Crippen molar-refractivity contribution in [1.29, 1.82) is 0 Å². The minimum atomic E-state index is -0.647. The van der Waals surface area contributed by atoms with Gasteiger partial charge in [0.25, 0.3) is 5.89 Å². The summed E-state index contributed by atoms with van der Waals surface area (Å²) in [4.78, 5) is 16.9. The maximum atomic E-state index is 12.6. The summed E-state index contributed by atoms with van der Waals surface area (Å²) in [7, 11) is 1.90. The van der Waals surface area contributed by atoms with Gasteiger partial charge in [0.15, 0.2) is 6.10 Å². The number of carbonyl (C=O) groups excluding carboxylic acids is 1. The smallest absolute Gasteiger partial charge is 0.341 e. The lowest BCUT2D eigenvalue weighted by Crippen LogP contribution is -2.09. The first-order valence-corrected chi connectivity index (χ1v) is 8.27. The standard InChI is InChI=1S/C20H17N3O3/c1-13(19-21-18(22-26-19)14-8-4-3-5-9-14)25-20(24)16-12-23(2)17-11-7-6-10-15(16)17/h3-13H,1-2H3/t13-/m1/s1. The molecule has 4 rings (SSSR count). The van der Waals surface area contributed by atoms with E-state index in [4.69, 9.17) is 9.26 Å². The van der Waals surface area contributed by atoms with Crippen LogP contribution in [0.15, 0.2) is 65.3 Å². The summed E-state index contributed by atoms with van der Waals surface area (Å²) in [6.07, 6.45) is 1.12. The Bertz CT molecular complexity index is 1070. The van der Waals surface area contributed by atoms with Gasteiger partial charge in [-0.15, -0.1) is 0 Å². The molecule has 0 saturated heterocycles. The second-order valence-corrected chi connectivity index (χ2v) is 6.04. The van der Waals surface area contributed by atoms with E-state index in [-0.39, 0.29) is 5.89 Å². The highest BCUT2D eigenvalue weighted by atomic mass is 16.6. The molecule has 0 aliphatic heterocycles. The van der Waals surface area contributed by atoms with Crippen LogP contribution in [0.4, 0.5) is 0 Å². The van der Waals surface area contributed by atoms with Crippen molar-refractivity contribution < 1.29 is 14.1 Å². The van der Waals surface area contributed by atoms with E-state index in [0.717, 1.165) is 16.5 Å². The SMILES string of the molecule is C[C@@H](OC(=O)c1cn(C)c2ccccc12)c1nc(-c2ccccc2)no1. The summed E-state index contributed by atoms with van der Waals surface area (Å²) in [6, 6.07) is 17.2. The van der Waals surface area contributed by atoms with E-state index in [9.17, 15) is 4.79 Å². The number of nitrogens with zero attached hydrogens (tertiary/aromatic N) is 3. The van der Waals surface area contributed by atoms with E-state index in [2.05, 4.69) is 10.1 Å². The third-order valence-corrected chi connectivity index (χ3v) is 4.22. The number of carbonyl (C=O) groups is 1. The number of aryl methyl sites for hydroxylation is 1. The third kappa shape index (κ3) is 2.86. The predicted molar refractivity (Wildman–Crippen MR) is 96.5 cm³/mol. The highest BCUT2D eigenvalue weighted by Crippen LogP contribution is 2.25. The van der Waals surface area contributed by atoms with Gasteiger partial charge < -0.3 is 13.8 Å². The largest absolute Gasteiger partial charge is 0.449 e. The minimum absolute atomic E-state index is 0.262. The summed E-state index contributed by atoms with van der Waals surface area (Å²) < 4.78 is 12.7. The Hall–Kier alpha value is -3.41. The predicted octanol–water partition coefficient (Wildman–Crippen LogP) is 4.15.